The molecule has 4 aromatic rings. The van der Waals surface area contributed by atoms with Crippen molar-refractivity contribution in [2.24, 2.45) is 9.98 Å². The van der Waals surface area contributed by atoms with Crippen molar-refractivity contribution < 1.29 is 10.1 Å². The molecule has 0 saturated carbocycles. The van der Waals surface area contributed by atoms with Gasteiger partial charge in [0.25, 0.3) is 0 Å². The summed E-state index contributed by atoms with van der Waals surface area (Å²) in [5, 5.41) is 19.8. The molecule has 1 N–H and O–H groups in total. The van der Waals surface area contributed by atoms with Crippen LogP contribution in [0.5, 0.6) is 0 Å². The Morgan fingerprint density at radius 2 is 1.57 bits per heavy atom. The maximum Gasteiger partial charge on any atom is 0.175 e. The highest BCUT2D eigenvalue weighted by Crippen LogP contribution is 2.33. The summed E-state index contributed by atoms with van der Waals surface area (Å²) in [6.45, 7) is 8.37. The molecular weight excluding hydrogens is 480 g/mol. The van der Waals surface area contributed by atoms with E-state index in [1.54, 1.807) is 6.08 Å². The van der Waals surface area contributed by atoms with Crippen LogP contribution in [0.2, 0.25) is 0 Å². The topological polar surface area (TPSA) is 81.2 Å². The van der Waals surface area contributed by atoms with Crippen LogP contribution in [0.3, 0.4) is 0 Å². The van der Waals surface area contributed by atoms with Crippen LogP contribution in [0.4, 0.5) is 11.4 Å². The van der Waals surface area contributed by atoms with Crippen LogP contribution in [0.15, 0.2) is 119 Å². The van der Waals surface area contributed by atoms with Gasteiger partial charge in [0.05, 0.1) is 16.3 Å². The first-order chi connectivity index (χ1) is 18.1. The lowest BCUT2D eigenvalue weighted by molar-refractivity contribution is -0.198. The number of anilines is 2. The van der Waals surface area contributed by atoms with Crippen molar-refractivity contribution in [1.29, 1.82) is 5.26 Å². The molecule has 3 aromatic carbocycles. The summed E-state index contributed by atoms with van der Waals surface area (Å²) in [6.07, 6.45) is 1.63. The lowest BCUT2D eigenvalue weighted by atomic mass is 10.0. The third-order valence-electron chi connectivity index (χ3n) is 5.93. The molecule has 0 spiro atoms. The number of fused-ring (bicyclic) bond motifs is 1. The Balaban J connectivity index is 1.56. The van der Waals surface area contributed by atoms with Gasteiger partial charge in [-0.3, -0.25) is 9.98 Å². The van der Waals surface area contributed by atoms with Gasteiger partial charge in [-0.05, 0) is 48.5 Å². The second kappa shape index (κ2) is 10.5. The molecule has 6 nitrogen and oxygen atoms in total. The van der Waals surface area contributed by atoms with Gasteiger partial charge in [0.1, 0.15) is 12.7 Å². The summed E-state index contributed by atoms with van der Waals surface area (Å²) in [5.41, 5.74) is 4.82. The van der Waals surface area contributed by atoms with Gasteiger partial charge >= 0.3 is 0 Å². The number of nitriles is 1. The fraction of sp³-hybridized carbons (Fsp3) is 0.0333. The monoisotopic (exact) mass is 502 g/mol. The van der Waals surface area contributed by atoms with E-state index in [0.717, 1.165) is 48.7 Å². The molecule has 0 unspecified atom stereocenters. The first kappa shape index (κ1) is 23.9. The van der Waals surface area contributed by atoms with Gasteiger partial charge in [-0.2, -0.15) is 5.26 Å². The molecule has 0 amide bonds. The zero-order valence-electron chi connectivity index (χ0n) is 19.8. The highest BCUT2D eigenvalue weighted by atomic mass is 32.1. The van der Waals surface area contributed by atoms with E-state index in [9.17, 15) is 5.26 Å². The van der Waals surface area contributed by atoms with E-state index in [1.165, 1.54) is 11.3 Å². The van der Waals surface area contributed by atoms with Crippen LogP contribution < -0.4 is 15.6 Å². The number of allylic oxidation sites excluding steroid dienone is 1. The van der Waals surface area contributed by atoms with Crippen LogP contribution >= 0.6 is 11.3 Å². The largest absolute Gasteiger partial charge is 0.339 e. The second-order valence-corrected chi connectivity index (χ2v) is 9.27. The molecule has 0 saturated heterocycles. The Kier molecular flexibility index (Phi) is 6.77. The highest BCUT2D eigenvalue weighted by Gasteiger charge is 2.19. The number of hydrogen-bond donors (Lipinski definition) is 1. The molecule has 37 heavy (non-hydrogen) atoms. The summed E-state index contributed by atoms with van der Waals surface area (Å²) >= 11 is 1.50. The summed E-state index contributed by atoms with van der Waals surface area (Å²) in [6, 6.07) is 30.2. The predicted molar refractivity (Wildman–Crippen MR) is 147 cm³/mol. The van der Waals surface area contributed by atoms with Gasteiger partial charge in [0.15, 0.2) is 5.76 Å². The van der Waals surface area contributed by atoms with Gasteiger partial charge in [-0.15, -0.1) is 11.3 Å². The number of nitrogens with zero attached hydrogens (tertiary/aromatic N) is 4. The molecule has 0 fully saturated rings. The SMILES string of the molecule is C=C(OO)/C(C#N)=C\c1ccc(-c2ccc(C(=C)N(c3ccccc3)c3ccccc3)c3c2=NCN=3)s1. The van der Waals surface area contributed by atoms with Crippen molar-refractivity contribution in [3.8, 4) is 16.5 Å². The van der Waals surface area contributed by atoms with Crippen LogP contribution in [0.25, 0.3) is 22.2 Å². The molecule has 1 aromatic heterocycles. The normalized spacial score (nSPS) is 12.1. The Morgan fingerprint density at radius 1 is 0.919 bits per heavy atom. The maximum absolute atomic E-state index is 9.33. The summed E-state index contributed by atoms with van der Waals surface area (Å²) in [7, 11) is 0. The fourth-order valence-electron chi connectivity index (χ4n) is 4.19. The molecule has 0 radical (unpaired) electrons. The van der Waals surface area contributed by atoms with Crippen LogP contribution in [0.1, 0.15) is 10.4 Å². The molecule has 7 heteroatoms. The number of benzene rings is 3. The minimum absolute atomic E-state index is 0.101. The van der Waals surface area contributed by atoms with Crippen molar-refractivity contribution in [1.82, 2.24) is 0 Å². The Morgan fingerprint density at radius 3 is 2.19 bits per heavy atom. The van der Waals surface area contributed by atoms with E-state index >= 15 is 0 Å². The summed E-state index contributed by atoms with van der Waals surface area (Å²) in [5.74, 6) is -0.101. The van der Waals surface area contributed by atoms with E-state index in [4.69, 9.17) is 15.2 Å². The van der Waals surface area contributed by atoms with E-state index in [1.807, 2.05) is 66.7 Å². The number of para-hydroxylation sites is 2. The molecule has 2 heterocycles. The molecule has 5 rings (SSSR count). The lowest BCUT2D eigenvalue weighted by Gasteiger charge is -2.27. The minimum Gasteiger partial charge on any atom is -0.339 e. The Hall–Kier alpha value is -4.77. The van der Waals surface area contributed by atoms with E-state index in [0.29, 0.717) is 6.67 Å². The van der Waals surface area contributed by atoms with E-state index < -0.39 is 0 Å². The number of hydrogen-bond acceptors (Lipinski definition) is 7. The zero-order chi connectivity index (χ0) is 25.8. The molecule has 180 valence electrons. The average Bonchev–Trinajstić information content (AvgIpc) is 3.62. The summed E-state index contributed by atoms with van der Waals surface area (Å²) < 4.78 is 0. The van der Waals surface area contributed by atoms with Crippen molar-refractivity contribution in [3.63, 3.8) is 0 Å². The standard InChI is InChI=1S/C30H22N4O2S/c1-20(34(23-9-5-3-6-10-23)24-11-7-4-8-12-24)26-14-15-27(30-29(26)32-19-33-30)28-16-13-25(37-28)17-22(18-31)21(2)36-35/h3-17,35H,1-2,19H2/b22-17-. The van der Waals surface area contributed by atoms with E-state index in [2.05, 4.69) is 47.2 Å². The molecule has 0 atom stereocenters. The van der Waals surface area contributed by atoms with Crippen LogP contribution in [-0.4, -0.2) is 11.9 Å². The molecule has 0 bridgehead atoms. The minimum atomic E-state index is -0.101. The van der Waals surface area contributed by atoms with Crippen molar-refractivity contribution in [2.45, 2.75) is 0 Å². The number of thiophene rings is 1. The third kappa shape index (κ3) is 4.71. The Labute approximate surface area is 218 Å². The molecule has 0 aliphatic carbocycles. The van der Waals surface area contributed by atoms with Gasteiger partial charge < -0.3 is 9.79 Å². The predicted octanol–water partition coefficient (Wildman–Crippen LogP) is 6.34. The van der Waals surface area contributed by atoms with Gasteiger partial charge in [0.2, 0.25) is 0 Å². The van der Waals surface area contributed by atoms with Gasteiger partial charge in [0, 0.05) is 38.0 Å². The van der Waals surface area contributed by atoms with E-state index in [-0.39, 0.29) is 11.3 Å². The molecular formula is C30H22N4O2S. The molecule has 1 aliphatic rings. The molecule has 1 aliphatic heterocycles. The van der Waals surface area contributed by atoms with Crippen molar-refractivity contribution in [3.05, 3.63) is 131 Å². The van der Waals surface area contributed by atoms with Gasteiger partial charge in [-0.1, -0.05) is 55.6 Å². The average molecular weight is 503 g/mol. The quantitative estimate of drug-likeness (QED) is 0.100. The summed E-state index contributed by atoms with van der Waals surface area (Å²) in [4.78, 5) is 17.5. The maximum atomic E-state index is 9.33. The lowest BCUT2D eigenvalue weighted by Crippen LogP contribution is -2.30. The highest BCUT2D eigenvalue weighted by molar-refractivity contribution is 7.16. The van der Waals surface area contributed by atoms with Crippen molar-refractivity contribution >= 4 is 34.5 Å². The number of rotatable bonds is 8. The Bertz CT molecular complexity index is 1640. The van der Waals surface area contributed by atoms with Gasteiger partial charge in [-0.25, -0.2) is 5.26 Å². The zero-order valence-corrected chi connectivity index (χ0v) is 20.7. The van der Waals surface area contributed by atoms with Crippen LogP contribution in [0, 0.1) is 11.3 Å². The van der Waals surface area contributed by atoms with Crippen molar-refractivity contribution in [2.75, 3.05) is 11.6 Å². The first-order valence-corrected chi connectivity index (χ1v) is 12.3. The second-order valence-electron chi connectivity index (χ2n) is 8.16. The first-order valence-electron chi connectivity index (χ1n) is 11.4. The van der Waals surface area contributed by atoms with Crippen LogP contribution in [-0.2, 0) is 4.89 Å². The smallest absolute Gasteiger partial charge is 0.175 e. The fourth-order valence-corrected chi connectivity index (χ4v) is 5.16. The third-order valence-corrected chi connectivity index (χ3v) is 6.99.